The molecule has 0 amide bonds. The molecule has 214 valence electrons. The summed E-state index contributed by atoms with van der Waals surface area (Å²) in [6.45, 7) is 6.95. The van der Waals surface area contributed by atoms with Crippen molar-refractivity contribution in [3.8, 4) is 0 Å². The molecule has 0 aromatic heterocycles. The molecular formula is C30H42N2O6S. The molecule has 0 unspecified atom stereocenters. The lowest BCUT2D eigenvalue weighted by atomic mass is 9.79. The van der Waals surface area contributed by atoms with Gasteiger partial charge in [-0.05, 0) is 55.2 Å². The second-order valence-electron chi connectivity index (χ2n) is 10.9. The number of carboxylic acid groups (broad SMARTS) is 2. The third-order valence-corrected chi connectivity index (χ3v) is 9.64. The van der Waals surface area contributed by atoms with Crippen molar-refractivity contribution in [2.45, 2.75) is 89.6 Å². The Morgan fingerprint density at radius 2 is 1.59 bits per heavy atom. The second kappa shape index (κ2) is 13.4. The fourth-order valence-corrected chi connectivity index (χ4v) is 7.73. The van der Waals surface area contributed by atoms with E-state index in [0.29, 0.717) is 17.8 Å². The van der Waals surface area contributed by atoms with Gasteiger partial charge in [0.15, 0.2) is 9.84 Å². The molecule has 1 aliphatic heterocycles. The number of aryl methyl sites for hydroxylation is 1. The summed E-state index contributed by atoms with van der Waals surface area (Å²) >= 11 is 0. The van der Waals surface area contributed by atoms with E-state index >= 15 is 0 Å². The number of sulfone groups is 1. The molecule has 0 spiro atoms. The van der Waals surface area contributed by atoms with Crippen LogP contribution < -0.4 is 10.2 Å². The second-order valence-corrected chi connectivity index (χ2v) is 12.9. The topological polar surface area (TPSA) is 124 Å². The highest BCUT2D eigenvalue weighted by Crippen LogP contribution is 2.45. The zero-order valence-corrected chi connectivity index (χ0v) is 24.1. The summed E-state index contributed by atoms with van der Waals surface area (Å²) in [4.78, 5) is 24.9. The Kier molecular flexibility index (Phi) is 10.6. The van der Waals surface area contributed by atoms with Crippen molar-refractivity contribution in [1.29, 1.82) is 0 Å². The van der Waals surface area contributed by atoms with Gasteiger partial charge in [-0.3, -0.25) is 9.59 Å². The molecule has 2 aromatic carbocycles. The van der Waals surface area contributed by atoms with E-state index in [2.05, 4.69) is 24.1 Å². The van der Waals surface area contributed by atoms with Gasteiger partial charge >= 0.3 is 11.9 Å². The van der Waals surface area contributed by atoms with Gasteiger partial charge in [0.05, 0.1) is 29.2 Å². The lowest BCUT2D eigenvalue weighted by Gasteiger charge is -2.37. The van der Waals surface area contributed by atoms with Gasteiger partial charge < -0.3 is 20.4 Å². The lowest BCUT2D eigenvalue weighted by Crippen LogP contribution is -2.38. The van der Waals surface area contributed by atoms with Gasteiger partial charge in [-0.2, -0.15) is 0 Å². The molecule has 3 N–H and O–H groups in total. The highest BCUT2D eigenvalue weighted by molar-refractivity contribution is 7.91. The van der Waals surface area contributed by atoms with E-state index in [0.717, 1.165) is 49.8 Å². The fourth-order valence-electron chi connectivity index (χ4n) is 5.57. The Bertz CT molecular complexity index is 1220. The summed E-state index contributed by atoms with van der Waals surface area (Å²) in [6, 6.07) is 12.7. The number of anilines is 2. The predicted octanol–water partition coefficient (Wildman–Crippen LogP) is 5.69. The van der Waals surface area contributed by atoms with Gasteiger partial charge in [-0.15, -0.1) is 0 Å². The van der Waals surface area contributed by atoms with E-state index in [-0.39, 0.29) is 35.4 Å². The van der Waals surface area contributed by atoms with Crippen molar-refractivity contribution < 1.29 is 28.2 Å². The maximum Gasteiger partial charge on any atom is 0.304 e. The molecule has 0 fully saturated rings. The third-order valence-electron chi connectivity index (χ3n) is 7.65. The van der Waals surface area contributed by atoms with E-state index < -0.39 is 27.8 Å². The highest BCUT2D eigenvalue weighted by Gasteiger charge is 2.42. The first kappa shape index (κ1) is 30.6. The molecule has 0 bridgehead atoms. The first-order chi connectivity index (χ1) is 18.5. The van der Waals surface area contributed by atoms with Crippen LogP contribution in [0.1, 0.15) is 76.3 Å². The summed E-state index contributed by atoms with van der Waals surface area (Å²) < 4.78 is 28.2. The number of carboxylic acids is 2. The smallest absolute Gasteiger partial charge is 0.304 e. The Labute approximate surface area is 232 Å². The average molecular weight is 559 g/mol. The number of hydrogen-bond donors (Lipinski definition) is 3. The first-order valence-corrected chi connectivity index (χ1v) is 15.5. The van der Waals surface area contributed by atoms with Gasteiger partial charge in [0.1, 0.15) is 0 Å². The SMILES string of the molecule is CCCCC1(CCCC)CN(c2ccccc2)c2cc(C)c(CNC(CC(=O)O)CC(=O)O)cc2S(=O)(=O)C1. The van der Waals surface area contributed by atoms with Crippen molar-refractivity contribution in [3.05, 3.63) is 53.6 Å². The van der Waals surface area contributed by atoms with Crippen LogP contribution in [-0.4, -0.2) is 48.9 Å². The number of fused-ring (bicyclic) bond motifs is 1. The number of hydrogen-bond acceptors (Lipinski definition) is 6. The number of para-hydroxylation sites is 1. The molecule has 0 saturated heterocycles. The number of nitrogens with zero attached hydrogens (tertiary/aromatic N) is 1. The minimum absolute atomic E-state index is 0.0763. The summed E-state index contributed by atoms with van der Waals surface area (Å²) in [5, 5.41) is 21.4. The zero-order chi connectivity index (χ0) is 28.6. The monoisotopic (exact) mass is 558 g/mol. The fraction of sp³-hybridized carbons (Fsp3) is 0.533. The van der Waals surface area contributed by atoms with Crippen LogP contribution >= 0.6 is 0 Å². The Morgan fingerprint density at radius 3 is 2.13 bits per heavy atom. The Balaban J connectivity index is 2.09. The number of carbonyl (C=O) groups is 2. The molecule has 0 saturated carbocycles. The van der Waals surface area contributed by atoms with Gasteiger partial charge in [-0.25, -0.2) is 8.42 Å². The zero-order valence-electron chi connectivity index (χ0n) is 23.3. The number of rotatable bonds is 14. The molecule has 2 aromatic rings. The molecule has 0 atom stereocenters. The van der Waals surface area contributed by atoms with Crippen LogP contribution in [0.4, 0.5) is 11.4 Å². The highest BCUT2D eigenvalue weighted by atomic mass is 32.2. The van der Waals surface area contributed by atoms with Crippen molar-refractivity contribution in [2.75, 3.05) is 17.2 Å². The minimum atomic E-state index is -3.66. The van der Waals surface area contributed by atoms with Crippen LogP contribution in [-0.2, 0) is 26.0 Å². The third kappa shape index (κ3) is 8.05. The largest absolute Gasteiger partial charge is 0.481 e. The standard InChI is InChI=1S/C30H42N2O6S/c1-4-6-13-30(14-7-5-2)20-32(25-11-9-8-10-12-25)26-15-22(3)23(16-27(26)39(37,38)21-30)19-31-24(17-28(33)34)18-29(35)36/h8-12,15-16,24,31H,4-7,13-14,17-21H2,1-3H3,(H,33,34)(H,35,36). The Morgan fingerprint density at radius 1 is 1.00 bits per heavy atom. The summed E-state index contributed by atoms with van der Waals surface area (Å²) in [5.74, 6) is -2.11. The van der Waals surface area contributed by atoms with E-state index in [1.54, 1.807) is 6.07 Å². The summed E-state index contributed by atoms with van der Waals surface area (Å²) in [5.41, 5.74) is 2.78. The van der Waals surface area contributed by atoms with Crippen LogP contribution in [0.2, 0.25) is 0 Å². The number of aliphatic carboxylic acids is 2. The van der Waals surface area contributed by atoms with Crippen LogP contribution in [0.5, 0.6) is 0 Å². The lowest BCUT2D eigenvalue weighted by molar-refractivity contribution is -0.139. The van der Waals surface area contributed by atoms with Crippen LogP contribution in [0.3, 0.4) is 0 Å². The predicted molar refractivity (Wildman–Crippen MR) is 153 cm³/mol. The number of unbranched alkanes of at least 4 members (excludes halogenated alkanes) is 2. The molecule has 9 heteroatoms. The molecule has 0 radical (unpaired) electrons. The van der Waals surface area contributed by atoms with E-state index in [4.69, 9.17) is 0 Å². The summed E-state index contributed by atoms with van der Waals surface area (Å²) in [7, 11) is -3.66. The quantitative estimate of drug-likeness (QED) is 0.270. The molecule has 1 heterocycles. The van der Waals surface area contributed by atoms with Crippen LogP contribution in [0.15, 0.2) is 47.4 Å². The number of nitrogens with one attached hydrogen (secondary N) is 1. The van der Waals surface area contributed by atoms with Gasteiger partial charge in [-0.1, -0.05) is 57.7 Å². The maximum absolute atomic E-state index is 14.1. The van der Waals surface area contributed by atoms with Crippen LogP contribution in [0.25, 0.3) is 0 Å². The normalized spacial score (nSPS) is 16.1. The molecule has 3 rings (SSSR count). The van der Waals surface area contributed by atoms with Crippen molar-refractivity contribution in [1.82, 2.24) is 5.32 Å². The molecule has 8 nitrogen and oxygen atoms in total. The van der Waals surface area contributed by atoms with E-state index in [9.17, 15) is 28.2 Å². The van der Waals surface area contributed by atoms with Crippen LogP contribution in [0, 0.1) is 12.3 Å². The van der Waals surface area contributed by atoms with Gasteiger partial charge in [0.25, 0.3) is 0 Å². The number of benzene rings is 2. The van der Waals surface area contributed by atoms with Crippen molar-refractivity contribution >= 4 is 33.2 Å². The van der Waals surface area contributed by atoms with E-state index in [1.165, 1.54) is 0 Å². The molecule has 0 aliphatic carbocycles. The molecule has 39 heavy (non-hydrogen) atoms. The van der Waals surface area contributed by atoms with Crippen molar-refractivity contribution in [2.24, 2.45) is 5.41 Å². The van der Waals surface area contributed by atoms with Gasteiger partial charge in [0.2, 0.25) is 0 Å². The minimum Gasteiger partial charge on any atom is -0.481 e. The van der Waals surface area contributed by atoms with E-state index in [1.807, 2.05) is 43.3 Å². The summed E-state index contributed by atoms with van der Waals surface area (Å²) in [6.07, 6.45) is 4.90. The van der Waals surface area contributed by atoms with Gasteiger partial charge in [0, 0.05) is 30.2 Å². The first-order valence-electron chi connectivity index (χ1n) is 13.9. The maximum atomic E-state index is 14.1. The Hall–Kier alpha value is -2.91. The molecular weight excluding hydrogens is 516 g/mol. The van der Waals surface area contributed by atoms with Crippen molar-refractivity contribution in [3.63, 3.8) is 0 Å². The molecule has 1 aliphatic rings. The average Bonchev–Trinajstić information content (AvgIpc) is 2.96.